The van der Waals surface area contributed by atoms with E-state index in [-0.39, 0.29) is 24.0 Å². The molecule has 1 atom stereocenters. The van der Waals surface area contributed by atoms with Crippen LogP contribution in [0.15, 0.2) is 11.2 Å². The number of nitrogens with zero attached hydrogens (tertiary/aromatic N) is 4. The van der Waals surface area contributed by atoms with Gasteiger partial charge in [-0.3, -0.25) is 4.99 Å². The number of likely N-dealkylation sites (tertiary alicyclic amines) is 2. The fourth-order valence-electron chi connectivity index (χ4n) is 3.76. The Morgan fingerprint density at radius 1 is 1.32 bits per heavy atom. The molecule has 3 heterocycles. The smallest absolute Gasteiger partial charge is 0.194 e. The number of hydrogen-bond donors (Lipinski definition) is 1. The summed E-state index contributed by atoms with van der Waals surface area (Å²) in [6.45, 7) is 9.08. The molecule has 0 saturated carbocycles. The molecule has 0 bridgehead atoms. The van der Waals surface area contributed by atoms with Gasteiger partial charge in [-0.15, -0.1) is 35.3 Å². The van der Waals surface area contributed by atoms with Crippen LogP contribution in [0, 0.1) is 5.92 Å². The Kier molecular flexibility index (Phi) is 8.92. The molecule has 3 rings (SSSR count). The average molecular weight is 477 g/mol. The van der Waals surface area contributed by atoms with Gasteiger partial charge in [0.05, 0.1) is 6.54 Å². The van der Waals surface area contributed by atoms with E-state index in [4.69, 9.17) is 0 Å². The standard InChI is InChI=1S/C18H31N5S.HI/c1-3-16-11-20-17(24-16)12-21-18(19-2)23-10-7-15(14-23)13-22-8-5-4-6-9-22;/h11,15H,3-10,12-14H2,1-2H3,(H,19,21);1H. The summed E-state index contributed by atoms with van der Waals surface area (Å²) < 4.78 is 0. The average Bonchev–Trinajstić information content (AvgIpc) is 3.26. The van der Waals surface area contributed by atoms with Crippen LogP contribution in [0.5, 0.6) is 0 Å². The molecule has 0 amide bonds. The number of rotatable bonds is 5. The highest BCUT2D eigenvalue weighted by Gasteiger charge is 2.26. The number of nitrogens with one attached hydrogen (secondary N) is 1. The Morgan fingerprint density at radius 3 is 2.80 bits per heavy atom. The lowest BCUT2D eigenvalue weighted by Gasteiger charge is -2.29. The molecule has 1 N–H and O–H groups in total. The van der Waals surface area contributed by atoms with Gasteiger partial charge in [-0.2, -0.15) is 0 Å². The molecule has 5 nitrogen and oxygen atoms in total. The molecule has 0 spiro atoms. The topological polar surface area (TPSA) is 43.8 Å². The van der Waals surface area contributed by atoms with Gasteiger partial charge in [0.1, 0.15) is 5.01 Å². The van der Waals surface area contributed by atoms with Crippen molar-refractivity contribution in [3.8, 4) is 0 Å². The van der Waals surface area contributed by atoms with Crippen LogP contribution in [0.2, 0.25) is 0 Å². The lowest BCUT2D eigenvalue weighted by atomic mass is 10.1. The van der Waals surface area contributed by atoms with E-state index in [1.807, 2.05) is 13.2 Å². The SMILES string of the molecule is CCc1cnc(CNC(=NC)N2CCC(CN3CCCCC3)C2)s1.I. The molecule has 0 aliphatic carbocycles. The predicted octanol–water partition coefficient (Wildman–Crippen LogP) is 3.21. The van der Waals surface area contributed by atoms with Gasteiger partial charge in [0, 0.05) is 37.8 Å². The van der Waals surface area contributed by atoms with Crippen LogP contribution in [0.1, 0.15) is 42.5 Å². The molecule has 0 aromatic carbocycles. The second-order valence-electron chi connectivity index (χ2n) is 6.94. The highest BCUT2D eigenvalue weighted by molar-refractivity contribution is 14.0. The van der Waals surface area contributed by atoms with E-state index in [1.165, 1.54) is 50.2 Å². The van der Waals surface area contributed by atoms with Gasteiger partial charge < -0.3 is 15.1 Å². The van der Waals surface area contributed by atoms with Gasteiger partial charge in [0.2, 0.25) is 0 Å². The molecular formula is C18H32IN5S. The summed E-state index contributed by atoms with van der Waals surface area (Å²) in [5.74, 6) is 1.82. The number of thiazole rings is 1. The fourth-order valence-corrected chi connectivity index (χ4v) is 4.56. The monoisotopic (exact) mass is 477 g/mol. The first-order chi connectivity index (χ1) is 11.8. The molecule has 1 unspecified atom stereocenters. The van der Waals surface area contributed by atoms with Crippen LogP contribution in [-0.2, 0) is 13.0 Å². The number of piperidine rings is 1. The van der Waals surface area contributed by atoms with Gasteiger partial charge in [-0.05, 0) is 44.7 Å². The number of halogens is 1. The normalized spacial score (nSPS) is 22.1. The summed E-state index contributed by atoms with van der Waals surface area (Å²) in [5, 5.41) is 4.65. The molecule has 2 saturated heterocycles. The molecule has 142 valence electrons. The molecular weight excluding hydrogens is 445 g/mol. The van der Waals surface area contributed by atoms with Crippen LogP contribution in [0.4, 0.5) is 0 Å². The van der Waals surface area contributed by atoms with Crippen LogP contribution in [0.3, 0.4) is 0 Å². The lowest BCUT2D eigenvalue weighted by molar-refractivity contribution is 0.198. The van der Waals surface area contributed by atoms with Crippen molar-refractivity contribution in [2.45, 2.75) is 45.6 Å². The number of aliphatic imine (C=N–C) groups is 1. The molecule has 7 heteroatoms. The van der Waals surface area contributed by atoms with Gasteiger partial charge in [-0.25, -0.2) is 4.98 Å². The first kappa shape index (κ1) is 20.9. The van der Waals surface area contributed by atoms with Crippen molar-refractivity contribution >= 4 is 41.3 Å². The Labute approximate surface area is 173 Å². The number of aryl methyl sites for hydroxylation is 1. The zero-order chi connectivity index (χ0) is 16.8. The van der Waals surface area contributed by atoms with Crippen molar-refractivity contribution in [2.75, 3.05) is 39.8 Å². The highest BCUT2D eigenvalue weighted by atomic mass is 127. The highest BCUT2D eigenvalue weighted by Crippen LogP contribution is 2.20. The Balaban J connectivity index is 0.00000225. The van der Waals surface area contributed by atoms with Crippen molar-refractivity contribution in [3.05, 3.63) is 16.1 Å². The first-order valence-electron chi connectivity index (χ1n) is 9.40. The molecule has 1 aromatic rings. The second-order valence-corrected chi connectivity index (χ2v) is 8.14. The van der Waals surface area contributed by atoms with E-state index in [9.17, 15) is 0 Å². The Morgan fingerprint density at radius 2 is 2.12 bits per heavy atom. The predicted molar refractivity (Wildman–Crippen MR) is 117 cm³/mol. The van der Waals surface area contributed by atoms with E-state index < -0.39 is 0 Å². The molecule has 25 heavy (non-hydrogen) atoms. The third kappa shape index (κ3) is 6.06. The summed E-state index contributed by atoms with van der Waals surface area (Å²) in [5.41, 5.74) is 0. The third-order valence-electron chi connectivity index (χ3n) is 5.11. The van der Waals surface area contributed by atoms with Crippen molar-refractivity contribution < 1.29 is 0 Å². The maximum atomic E-state index is 4.49. The summed E-state index contributed by atoms with van der Waals surface area (Å²) in [6.07, 6.45) is 8.53. The molecule has 2 fully saturated rings. The minimum Gasteiger partial charge on any atom is -0.350 e. The summed E-state index contributed by atoms with van der Waals surface area (Å²) in [6, 6.07) is 0. The second kappa shape index (κ2) is 10.7. The maximum absolute atomic E-state index is 4.49. The van der Waals surface area contributed by atoms with E-state index in [1.54, 1.807) is 11.3 Å². The largest absolute Gasteiger partial charge is 0.350 e. The lowest BCUT2D eigenvalue weighted by Crippen LogP contribution is -2.41. The number of aromatic nitrogens is 1. The van der Waals surface area contributed by atoms with E-state index in [0.717, 1.165) is 42.9 Å². The quantitative estimate of drug-likeness (QED) is 0.402. The van der Waals surface area contributed by atoms with Crippen LogP contribution < -0.4 is 5.32 Å². The van der Waals surface area contributed by atoms with Crippen molar-refractivity contribution in [2.24, 2.45) is 10.9 Å². The van der Waals surface area contributed by atoms with E-state index in [0.29, 0.717) is 0 Å². The van der Waals surface area contributed by atoms with E-state index in [2.05, 4.69) is 32.0 Å². The maximum Gasteiger partial charge on any atom is 0.194 e. The molecule has 2 aliphatic rings. The Hall–Kier alpha value is -0.410. The van der Waals surface area contributed by atoms with Crippen molar-refractivity contribution in [3.63, 3.8) is 0 Å². The van der Waals surface area contributed by atoms with Crippen LogP contribution in [-0.4, -0.2) is 60.5 Å². The Bertz CT molecular complexity index is 541. The number of hydrogen-bond acceptors (Lipinski definition) is 4. The zero-order valence-electron chi connectivity index (χ0n) is 15.5. The minimum atomic E-state index is 0. The van der Waals surface area contributed by atoms with Crippen LogP contribution >= 0.6 is 35.3 Å². The van der Waals surface area contributed by atoms with Gasteiger partial charge in [0.25, 0.3) is 0 Å². The molecule has 0 radical (unpaired) electrons. The van der Waals surface area contributed by atoms with Gasteiger partial charge in [0.15, 0.2) is 5.96 Å². The third-order valence-corrected chi connectivity index (χ3v) is 6.25. The van der Waals surface area contributed by atoms with Gasteiger partial charge >= 0.3 is 0 Å². The minimum absolute atomic E-state index is 0. The summed E-state index contributed by atoms with van der Waals surface area (Å²) >= 11 is 1.80. The first-order valence-corrected chi connectivity index (χ1v) is 10.2. The molecule has 2 aliphatic heterocycles. The fraction of sp³-hybridized carbons (Fsp3) is 0.778. The van der Waals surface area contributed by atoms with Gasteiger partial charge in [-0.1, -0.05) is 13.3 Å². The van der Waals surface area contributed by atoms with Crippen molar-refractivity contribution in [1.29, 1.82) is 0 Å². The molecule has 1 aromatic heterocycles. The van der Waals surface area contributed by atoms with E-state index >= 15 is 0 Å². The number of guanidine groups is 1. The zero-order valence-corrected chi connectivity index (χ0v) is 18.7. The summed E-state index contributed by atoms with van der Waals surface area (Å²) in [7, 11) is 1.89. The van der Waals surface area contributed by atoms with Crippen LogP contribution in [0.25, 0.3) is 0 Å². The summed E-state index contributed by atoms with van der Waals surface area (Å²) in [4.78, 5) is 15.4. The van der Waals surface area contributed by atoms with Crippen molar-refractivity contribution in [1.82, 2.24) is 20.1 Å².